The van der Waals surface area contributed by atoms with E-state index in [1.54, 1.807) is 31.2 Å². The summed E-state index contributed by atoms with van der Waals surface area (Å²) in [5.41, 5.74) is 2.09. The van der Waals surface area contributed by atoms with Gasteiger partial charge in [0.25, 0.3) is 6.43 Å². The number of anilines is 1. The molecule has 0 bridgehead atoms. The van der Waals surface area contributed by atoms with E-state index in [1.807, 2.05) is 0 Å². The third-order valence-electron chi connectivity index (χ3n) is 2.86. The number of rotatable bonds is 4. The van der Waals surface area contributed by atoms with Crippen molar-refractivity contribution in [2.75, 3.05) is 5.32 Å². The summed E-state index contributed by atoms with van der Waals surface area (Å²) in [6.07, 6.45) is -2.46. The first-order chi connectivity index (χ1) is 9.06. The van der Waals surface area contributed by atoms with Crippen LogP contribution in [0.3, 0.4) is 0 Å². The van der Waals surface area contributed by atoms with Gasteiger partial charge in [0.05, 0.1) is 0 Å². The Morgan fingerprint density at radius 3 is 2.58 bits per heavy atom. The molecular weight excluding hydrogens is 251 g/mol. The molecule has 100 valence electrons. The van der Waals surface area contributed by atoms with Crippen LogP contribution in [0, 0.1) is 12.7 Å². The lowest BCUT2D eigenvalue weighted by Gasteiger charge is -2.09. The highest BCUT2D eigenvalue weighted by molar-refractivity contribution is 5.46. The second-order valence-electron chi connectivity index (χ2n) is 4.36. The number of hydrogen-bond acceptors (Lipinski definition) is 1. The van der Waals surface area contributed by atoms with E-state index >= 15 is 0 Å². The van der Waals surface area contributed by atoms with Crippen molar-refractivity contribution in [3.63, 3.8) is 0 Å². The van der Waals surface area contributed by atoms with Gasteiger partial charge in [0, 0.05) is 17.8 Å². The Labute approximate surface area is 110 Å². The van der Waals surface area contributed by atoms with E-state index < -0.39 is 6.43 Å². The van der Waals surface area contributed by atoms with Gasteiger partial charge in [-0.25, -0.2) is 13.2 Å². The minimum absolute atomic E-state index is 0.00888. The fourth-order valence-electron chi connectivity index (χ4n) is 1.80. The molecule has 0 amide bonds. The van der Waals surface area contributed by atoms with Crippen LogP contribution in [0.5, 0.6) is 0 Å². The molecule has 0 saturated carbocycles. The normalized spacial score (nSPS) is 10.8. The van der Waals surface area contributed by atoms with Gasteiger partial charge in [-0.2, -0.15) is 0 Å². The van der Waals surface area contributed by atoms with E-state index in [0.717, 1.165) is 11.3 Å². The zero-order valence-corrected chi connectivity index (χ0v) is 10.5. The fourth-order valence-corrected chi connectivity index (χ4v) is 1.80. The molecule has 0 aliphatic heterocycles. The van der Waals surface area contributed by atoms with E-state index in [4.69, 9.17) is 0 Å². The molecule has 19 heavy (non-hydrogen) atoms. The second kappa shape index (κ2) is 5.78. The van der Waals surface area contributed by atoms with E-state index in [-0.39, 0.29) is 11.4 Å². The molecule has 0 fully saturated rings. The molecule has 2 rings (SSSR count). The van der Waals surface area contributed by atoms with Crippen molar-refractivity contribution in [3.05, 3.63) is 65.0 Å². The van der Waals surface area contributed by atoms with Crippen LogP contribution in [0.15, 0.2) is 42.5 Å². The summed E-state index contributed by atoms with van der Waals surface area (Å²) in [7, 11) is 0. The number of hydrogen-bond donors (Lipinski definition) is 1. The van der Waals surface area contributed by atoms with Crippen molar-refractivity contribution in [3.8, 4) is 0 Å². The molecule has 0 aliphatic carbocycles. The van der Waals surface area contributed by atoms with Gasteiger partial charge in [-0.05, 0) is 42.3 Å². The lowest BCUT2D eigenvalue weighted by Crippen LogP contribution is -2.00. The molecule has 0 heterocycles. The molecule has 4 heteroatoms. The largest absolute Gasteiger partial charge is 0.381 e. The van der Waals surface area contributed by atoms with Gasteiger partial charge in [0.15, 0.2) is 0 Å². The topological polar surface area (TPSA) is 12.0 Å². The van der Waals surface area contributed by atoms with Gasteiger partial charge >= 0.3 is 0 Å². The van der Waals surface area contributed by atoms with E-state index in [9.17, 15) is 13.2 Å². The molecule has 1 N–H and O–H groups in total. The number of halogens is 3. The van der Waals surface area contributed by atoms with Crippen LogP contribution >= 0.6 is 0 Å². The van der Waals surface area contributed by atoms with Gasteiger partial charge < -0.3 is 5.32 Å². The maximum atomic E-state index is 13.1. The second-order valence-corrected chi connectivity index (χ2v) is 4.36. The molecule has 2 aromatic rings. The zero-order chi connectivity index (χ0) is 13.8. The first-order valence-corrected chi connectivity index (χ1v) is 5.93. The third-order valence-corrected chi connectivity index (χ3v) is 2.86. The van der Waals surface area contributed by atoms with Gasteiger partial charge in [0.2, 0.25) is 0 Å². The highest BCUT2D eigenvalue weighted by atomic mass is 19.3. The van der Waals surface area contributed by atoms with Gasteiger partial charge in [-0.15, -0.1) is 0 Å². The van der Waals surface area contributed by atoms with Crippen LogP contribution in [0.25, 0.3) is 0 Å². The molecule has 0 unspecified atom stereocenters. The van der Waals surface area contributed by atoms with Crippen molar-refractivity contribution in [2.45, 2.75) is 19.9 Å². The molecule has 0 atom stereocenters. The Balaban J connectivity index is 2.05. The quantitative estimate of drug-likeness (QED) is 0.846. The predicted molar refractivity (Wildman–Crippen MR) is 69.9 cm³/mol. The summed E-state index contributed by atoms with van der Waals surface area (Å²) in [4.78, 5) is 0. The summed E-state index contributed by atoms with van der Waals surface area (Å²) >= 11 is 0. The summed E-state index contributed by atoms with van der Waals surface area (Å²) in [6, 6.07) is 10.9. The average molecular weight is 265 g/mol. The standard InChI is InChI=1S/C15H14F3N/c1-10-7-13(5-6-14(10)16)19-9-11-3-2-4-12(8-11)15(17)18/h2-8,15,19H,9H2,1H3. The molecular formula is C15H14F3N. The van der Waals surface area contributed by atoms with E-state index in [1.165, 1.54) is 18.2 Å². The number of aryl methyl sites for hydroxylation is 1. The lowest BCUT2D eigenvalue weighted by atomic mass is 10.1. The number of alkyl halides is 2. The highest BCUT2D eigenvalue weighted by Crippen LogP contribution is 2.20. The SMILES string of the molecule is Cc1cc(NCc2cccc(C(F)F)c2)ccc1F. The summed E-state index contributed by atoms with van der Waals surface area (Å²) < 4.78 is 38.2. The first-order valence-electron chi connectivity index (χ1n) is 5.93. The zero-order valence-electron chi connectivity index (χ0n) is 10.5. The minimum Gasteiger partial charge on any atom is -0.381 e. The maximum absolute atomic E-state index is 13.1. The molecule has 0 saturated heterocycles. The number of benzene rings is 2. The van der Waals surface area contributed by atoms with Gasteiger partial charge in [-0.1, -0.05) is 18.2 Å². The van der Waals surface area contributed by atoms with Crippen molar-refractivity contribution >= 4 is 5.69 Å². The molecule has 0 aromatic heterocycles. The molecule has 0 spiro atoms. The fraction of sp³-hybridized carbons (Fsp3) is 0.200. The Kier molecular flexibility index (Phi) is 4.10. The smallest absolute Gasteiger partial charge is 0.263 e. The molecule has 0 radical (unpaired) electrons. The number of nitrogens with one attached hydrogen (secondary N) is 1. The summed E-state index contributed by atoms with van der Waals surface area (Å²) in [5.74, 6) is -0.259. The van der Waals surface area contributed by atoms with Crippen LogP contribution in [-0.2, 0) is 6.54 Å². The molecule has 2 aromatic carbocycles. The van der Waals surface area contributed by atoms with Crippen molar-refractivity contribution in [2.24, 2.45) is 0 Å². The Morgan fingerprint density at radius 1 is 1.11 bits per heavy atom. The van der Waals surface area contributed by atoms with Crippen LogP contribution in [0.1, 0.15) is 23.1 Å². The summed E-state index contributed by atoms with van der Waals surface area (Å²) in [5, 5.41) is 3.08. The van der Waals surface area contributed by atoms with Crippen LogP contribution < -0.4 is 5.32 Å². The summed E-state index contributed by atoms with van der Waals surface area (Å²) in [6.45, 7) is 2.10. The first kappa shape index (κ1) is 13.5. The van der Waals surface area contributed by atoms with Crippen molar-refractivity contribution in [1.82, 2.24) is 0 Å². The third kappa shape index (κ3) is 3.50. The maximum Gasteiger partial charge on any atom is 0.263 e. The van der Waals surface area contributed by atoms with Crippen LogP contribution in [0.4, 0.5) is 18.9 Å². The molecule has 0 aliphatic rings. The van der Waals surface area contributed by atoms with Crippen molar-refractivity contribution in [1.29, 1.82) is 0 Å². The van der Waals surface area contributed by atoms with Gasteiger partial charge in [0.1, 0.15) is 5.82 Å². The van der Waals surface area contributed by atoms with E-state index in [0.29, 0.717) is 12.1 Å². The Bertz CT molecular complexity index is 567. The van der Waals surface area contributed by atoms with E-state index in [2.05, 4.69) is 5.32 Å². The predicted octanol–water partition coefficient (Wildman–Crippen LogP) is 4.68. The highest BCUT2D eigenvalue weighted by Gasteiger charge is 2.07. The average Bonchev–Trinajstić information content (AvgIpc) is 2.40. The van der Waals surface area contributed by atoms with Crippen molar-refractivity contribution < 1.29 is 13.2 Å². The lowest BCUT2D eigenvalue weighted by molar-refractivity contribution is 0.151. The minimum atomic E-state index is -2.46. The Morgan fingerprint density at radius 2 is 1.89 bits per heavy atom. The van der Waals surface area contributed by atoms with Gasteiger partial charge in [-0.3, -0.25) is 0 Å². The monoisotopic (exact) mass is 265 g/mol. The van der Waals surface area contributed by atoms with Crippen LogP contribution in [0.2, 0.25) is 0 Å². The molecule has 1 nitrogen and oxygen atoms in total. The Hall–Kier alpha value is -1.97. The van der Waals surface area contributed by atoms with Crippen LogP contribution in [-0.4, -0.2) is 0 Å².